The molecule has 0 amide bonds. The third-order valence-corrected chi connectivity index (χ3v) is 2.74. The van der Waals surface area contributed by atoms with Gasteiger partial charge in [0.2, 0.25) is 0 Å². The van der Waals surface area contributed by atoms with E-state index in [1.807, 2.05) is 0 Å². The van der Waals surface area contributed by atoms with Crippen molar-refractivity contribution in [1.29, 1.82) is 0 Å². The molecule has 0 radical (unpaired) electrons. The molecule has 1 rings (SSSR count). The van der Waals surface area contributed by atoms with E-state index >= 15 is 0 Å². The first kappa shape index (κ1) is 13.4. The van der Waals surface area contributed by atoms with Gasteiger partial charge in [0, 0.05) is 0 Å². The van der Waals surface area contributed by atoms with Gasteiger partial charge in [0.15, 0.2) is 0 Å². The van der Waals surface area contributed by atoms with E-state index in [1.165, 1.54) is 12.1 Å². The number of nitrogens with zero attached hydrogens (tertiary/aromatic N) is 2. The van der Waals surface area contributed by atoms with Gasteiger partial charge in [-0.2, -0.15) is 0 Å². The van der Waals surface area contributed by atoms with Crippen LogP contribution in [0, 0.1) is 20.2 Å². The number of nitro benzene ring substituents is 2. The second-order valence-electron chi connectivity index (χ2n) is 3.25. The summed E-state index contributed by atoms with van der Waals surface area (Å²) in [5.41, 5.74) is 5.22. The van der Waals surface area contributed by atoms with Crippen molar-refractivity contribution in [3.05, 3.63) is 44.0 Å². The molecule has 0 aliphatic carbocycles. The molecule has 0 bridgehead atoms. The fourth-order valence-corrected chi connectivity index (χ4v) is 1.60. The van der Waals surface area contributed by atoms with Gasteiger partial charge in [0.1, 0.15) is 0 Å². The van der Waals surface area contributed by atoms with Crippen LogP contribution < -0.4 is 5.73 Å². The van der Waals surface area contributed by atoms with E-state index < -0.39 is 9.85 Å². The Morgan fingerprint density at radius 3 is 2.41 bits per heavy atom. The zero-order chi connectivity index (χ0) is 13.0. The molecule has 1 aromatic carbocycles. The van der Waals surface area contributed by atoms with Gasteiger partial charge in [-0.05, 0) is 0 Å². The first-order valence-corrected chi connectivity index (χ1v) is 5.45. The van der Waals surface area contributed by atoms with Crippen LogP contribution in [0.2, 0.25) is 0 Å². The summed E-state index contributed by atoms with van der Waals surface area (Å²) in [4.78, 5) is 20.0. The molecule has 0 aliphatic heterocycles. The van der Waals surface area contributed by atoms with E-state index in [1.54, 1.807) is 0 Å². The van der Waals surface area contributed by atoms with Crippen LogP contribution in [0.25, 0.3) is 0 Å². The average Bonchev–Trinajstić information content (AvgIpc) is 2.28. The van der Waals surface area contributed by atoms with Gasteiger partial charge < -0.3 is 0 Å². The van der Waals surface area contributed by atoms with Crippen molar-refractivity contribution in [2.45, 2.75) is 6.42 Å². The molecule has 1 aromatic rings. The van der Waals surface area contributed by atoms with Crippen molar-refractivity contribution in [2.75, 3.05) is 6.54 Å². The Morgan fingerprint density at radius 1 is 1.29 bits per heavy atom. The zero-order valence-corrected chi connectivity index (χ0v) is 10.4. The van der Waals surface area contributed by atoms with Crippen molar-refractivity contribution in [3.8, 4) is 0 Å². The Morgan fingerprint density at radius 2 is 1.94 bits per heavy atom. The molecule has 0 heterocycles. The van der Waals surface area contributed by atoms with Crippen LogP contribution in [0.3, 0.4) is 0 Å². The summed E-state index contributed by atoms with van der Waals surface area (Å²) in [6.07, 6.45) is 0.296. The van der Waals surface area contributed by atoms with E-state index in [0.29, 0.717) is 12.0 Å². The number of rotatable bonds is 5. The minimum absolute atomic E-state index is 0.264. The van der Waals surface area contributed by atoms with Gasteiger partial charge in [-0.1, -0.05) is 0 Å². The Hall–Kier alpha value is -1.63. The van der Waals surface area contributed by atoms with E-state index in [-0.39, 0.29) is 17.9 Å². The molecule has 0 fully saturated rings. The molecule has 7 nitrogen and oxygen atoms in total. The molecule has 17 heavy (non-hydrogen) atoms. The van der Waals surface area contributed by atoms with Crippen molar-refractivity contribution < 1.29 is 9.85 Å². The third kappa shape index (κ3) is 3.42. The summed E-state index contributed by atoms with van der Waals surface area (Å²) in [6, 6.07) is 3.58. The van der Waals surface area contributed by atoms with Crippen molar-refractivity contribution >= 4 is 31.4 Å². The topological polar surface area (TPSA) is 112 Å². The Balaban J connectivity index is 3.17. The molecule has 0 unspecified atom stereocenters. The first-order chi connectivity index (χ1) is 7.95. The monoisotopic (exact) mass is 303 g/mol. The van der Waals surface area contributed by atoms with Crippen LogP contribution in [0.4, 0.5) is 11.4 Å². The van der Waals surface area contributed by atoms with Crippen LogP contribution in [-0.2, 0) is 6.42 Å². The van der Waals surface area contributed by atoms with Crippen LogP contribution in [0.15, 0.2) is 18.2 Å². The molecule has 0 aliphatic rings. The van der Waals surface area contributed by atoms with E-state index in [4.69, 9.17) is 5.73 Å². The van der Waals surface area contributed by atoms with Crippen LogP contribution >= 0.6 is 0 Å². The van der Waals surface area contributed by atoms with Crippen molar-refractivity contribution in [1.82, 2.24) is 0 Å². The van der Waals surface area contributed by atoms with Gasteiger partial charge in [0.05, 0.1) is 0 Å². The van der Waals surface area contributed by atoms with Gasteiger partial charge in [-0.15, -0.1) is 0 Å². The van der Waals surface area contributed by atoms with Crippen molar-refractivity contribution in [2.24, 2.45) is 5.73 Å². The molecule has 2 N–H and O–H groups in total. The molecular formula is C9H9N3O4Se. The summed E-state index contributed by atoms with van der Waals surface area (Å²) >= 11 is 2.71. The number of nitro groups is 2. The third-order valence-electron chi connectivity index (χ3n) is 2.09. The first-order valence-electron chi connectivity index (χ1n) is 4.59. The summed E-state index contributed by atoms with van der Waals surface area (Å²) in [5.74, 6) is 0. The summed E-state index contributed by atoms with van der Waals surface area (Å²) in [7, 11) is 0. The SMILES string of the molecule is NCC(=[Se])Cc1ccc([N+](=O)[O-])cc1[N+](=O)[O-]. The van der Waals surface area contributed by atoms with Gasteiger partial charge in [-0.25, -0.2) is 0 Å². The number of benzene rings is 1. The fraction of sp³-hybridized carbons (Fsp3) is 0.222. The predicted molar refractivity (Wildman–Crippen MR) is 63.3 cm³/mol. The van der Waals surface area contributed by atoms with E-state index in [0.717, 1.165) is 10.5 Å². The standard InChI is InChI=1S/C9H9N3O4Se/c10-5-8(17)3-6-1-2-7(11(13)14)4-9(6)12(15)16/h1-2,4H,3,5,10H2. The fourth-order valence-electron chi connectivity index (χ4n) is 1.27. The quantitative estimate of drug-likeness (QED) is 0.479. The van der Waals surface area contributed by atoms with Gasteiger partial charge in [0.25, 0.3) is 0 Å². The molecule has 90 valence electrons. The molecule has 0 atom stereocenters. The maximum atomic E-state index is 10.8. The van der Waals surface area contributed by atoms with Crippen LogP contribution in [0.1, 0.15) is 5.56 Å². The Bertz CT molecular complexity index is 489. The Kier molecular flexibility index (Phi) is 4.44. The van der Waals surface area contributed by atoms with Gasteiger partial charge >= 0.3 is 104 Å². The zero-order valence-electron chi connectivity index (χ0n) is 8.66. The summed E-state index contributed by atoms with van der Waals surface area (Å²) < 4.78 is 0.752. The molecule has 0 aromatic heterocycles. The summed E-state index contributed by atoms with van der Waals surface area (Å²) in [5, 5.41) is 21.3. The Labute approximate surface area is 104 Å². The second-order valence-corrected chi connectivity index (χ2v) is 4.46. The average molecular weight is 302 g/mol. The minimum atomic E-state index is -0.664. The number of non-ortho nitro benzene ring substituents is 1. The molecular weight excluding hydrogens is 293 g/mol. The number of hydrogen-bond donors (Lipinski definition) is 1. The second kappa shape index (κ2) is 5.62. The van der Waals surface area contributed by atoms with E-state index in [9.17, 15) is 20.2 Å². The number of nitrogens with two attached hydrogens (primary N) is 1. The molecule has 0 saturated carbocycles. The number of hydrogen-bond acceptors (Lipinski definition) is 5. The van der Waals surface area contributed by atoms with Crippen molar-refractivity contribution in [3.63, 3.8) is 0 Å². The van der Waals surface area contributed by atoms with Gasteiger partial charge in [-0.3, -0.25) is 0 Å². The molecule has 0 spiro atoms. The predicted octanol–water partition coefficient (Wildman–Crippen LogP) is 0.345. The van der Waals surface area contributed by atoms with E-state index in [2.05, 4.69) is 15.6 Å². The molecule has 8 heteroatoms. The normalized spacial score (nSPS) is 9.94. The summed E-state index contributed by atoms with van der Waals surface area (Å²) in [6.45, 7) is 0.272. The maximum absolute atomic E-state index is 10.8. The molecule has 0 saturated heterocycles. The van der Waals surface area contributed by atoms with Crippen LogP contribution in [-0.4, -0.2) is 36.4 Å². The van der Waals surface area contributed by atoms with Crippen LogP contribution in [0.5, 0.6) is 0 Å².